The molecule has 0 spiro atoms. The van der Waals surface area contributed by atoms with Crippen LogP contribution in [0.2, 0.25) is 0 Å². The fraction of sp³-hybridized carbons (Fsp3) is 0.0556. The van der Waals surface area contributed by atoms with Gasteiger partial charge in [0.05, 0.1) is 5.75 Å². The highest BCUT2D eigenvalue weighted by molar-refractivity contribution is 14.1. The Morgan fingerprint density at radius 3 is 2.38 bits per heavy atom. The first kappa shape index (κ1) is 14.6. The van der Waals surface area contributed by atoms with Gasteiger partial charge in [-0.2, -0.15) is 0 Å². The number of ketones is 1. The zero-order chi connectivity index (χ0) is 14.7. The maximum atomic E-state index is 12.2. The number of hydrogen-bond donors (Lipinski definition) is 0. The van der Waals surface area contributed by atoms with Crippen molar-refractivity contribution in [1.82, 2.24) is 0 Å². The van der Waals surface area contributed by atoms with Crippen LogP contribution in [0, 0.1) is 3.57 Å². The Morgan fingerprint density at radius 1 is 0.905 bits per heavy atom. The van der Waals surface area contributed by atoms with Crippen LogP contribution >= 0.6 is 34.4 Å². The minimum atomic E-state index is 0.171. The van der Waals surface area contributed by atoms with Gasteiger partial charge in [0.2, 0.25) is 0 Å². The number of Topliss-reactive ketones (excluding diaryl/α,β-unsaturated/α-hetero) is 1. The van der Waals surface area contributed by atoms with E-state index in [-0.39, 0.29) is 5.78 Å². The van der Waals surface area contributed by atoms with Crippen LogP contribution in [0.3, 0.4) is 0 Å². The van der Waals surface area contributed by atoms with E-state index in [2.05, 4.69) is 52.9 Å². The van der Waals surface area contributed by atoms with Crippen molar-refractivity contribution in [3.63, 3.8) is 0 Å². The maximum absolute atomic E-state index is 12.2. The molecule has 21 heavy (non-hydrogen) atoms. The summed E-state index contributed by atoms with van der Waals surface area (Å²) in [7, 11) is 0. The van der Waals surface area contributed by atoms with Gasteiger partial charge in [-0.15, -0.1) is 11.8 Å². The number of thioether (sulfide) groups is 1. The first-order chi connectivity index (χ1) is 10.2. The third kappa shape index (κ3) is 3.66. The Kier molecular flexibility index (Phi) is 4.60. The van der Waals surface area contributed by atoms with E-state index in [9.17, 15) is 4.79 Å². The molecule has 0 aliphatic heterocycles. The van der Waals surface area contributed by atoms with Crippen molar-refractivity contribution in [3.05, 3.63) is 75.9 Å². The lowest BCUT2D eigenvalue weighted by atomic mass is 10.1. The van der Waals surface area contributed by atoms with E-state index in [0.717, 1.165) is 14.0 Å². The molecule has 0 radical (unpaired) electrons. The van der Waals surface area contributed by atoms with Crippen LogP contribution in [-0.2, 0) is 0 Å². The van der Waals surface area contributed by atoms with E-state index in [1.54, 1.807) is 11.8 Å². The van der Waals surface area contributed by atoms with Crippen LogP contribution in [0.1, 0.15) is 10.4 Å². The van der Waals surface area contributed by atoms with Crippen molar-refractivity contribution in [2.75, 3.05) is 5.75 Å². The van der Waals surface area contributed by atoms with E-state index in [0.29, 0.717) is 5.75 Å². The highest BCUT2D eigenvalue weighted by atomic mass is 127. The van der Waals surface area contributed by atoms with Crippen LogP contribution in [0.5, 0.6) is 0 Å². The Balaban J connectivity index is 1.71. The number of carbonyl (C=O) groups is 1. The van der Waals surface area contributed by atoms with E-state index in [1.807, 2.05) is 36.4 Å². The van der Waals surface area contributed by atoms with Gasteiger partial charge in [-0.25, -0.2) is 0 Å². The lowest BCUT2D eigenvalue weighted by molar-refractivity contribution is 0.102. The molecular formula is C18H13IOS. The molecule has 0 atom stereocenters. The van der Waals surface area contributed by atoms with Gasteiger partial charge >= 0.3 is 0 Å². The smallest absolute Gasteiger partial charge is 0.173 e. The predicted molar refractivity (Wildman–Crippen MR) is 98.2 cm³/mol. The maximum Gasteiger partial charge on any atom is 0.173 e. The van der Waals surface area contributed by atoms with Crippen LogP contribution in [0.25, 0.3) is 10.8 Å². The number of rotatable bonds is 4. The summed E-state index contributed by atoms with van der Waals surface area (Å²) in [6.45, 7) is 0. The molecular weight excluding hydrogens is 391 g/mol. The molecule has 104 valence electrons. The predicted octanol–water partition coefficient (Wildman–Crippen LogP) is 5.42. The van der Waals surface area contributed by atoms with E-state index < -0.39 is 0 Å². The zero-order valence-electron chi connectivity index (χ0n) is 11.3. The molecule has 0 saturated carbocycles. The summed E-state index contributed by atoms with van der Waals surface area (Å²) in [6, 6.07) is 22.3. The highest BCUT2D eigenvalue weighted by Crippen LogP contribution is 2.24. The molecule has 0 fully saturated rings. The Labute approximate surface area is 141 Å². The van der Waals surface area contributed by atoms with Gasteiger partial charge in [0.15, 0.2) is 5.78 Å². The molecule has 1 nitrogen and oxygen atoms in total. The number of fused-ring (bicyclic) bond motifs is 1. The Morgan fingerprint density at radius 2 is 1.62 bits per heavy atom. The molecule has 3 aromatic rings. The first-order valence-electron chi connectivity index (χ1n) is 6.63. The summed E-state index contributed by atoms with van der Waals surface area (Å²) in [5.74, 6) is 0.642. The normalized spacial score (nSPS) is 10.7. The topological polar surface area (TPSA) is 17.1 Å². The minimum Gasteiger partial charge on any atom is -0.293 e. The average Bonchev–Trinajstić information content (AvgIpc) is 2.53. The Hall–Kier alpha value is -1.33. The third-order valence-corrected chi connectivity index (χ3v) is 4.97. The summed E-state index contributed by atoms with van der Waals surface area (Å²) in [6.07, 6.45) is 0. The molecule has 0 saturated heterocycles. The fourth-order valence-corrected chi connectivity index (χ4v) is 3.32. The van der Waals surface area contributed by atoms with Gasteiger partial charge in [0, 0.05) is 14.0 Å². The number of benzene rings is 3. The first-order valence-corrected chi connectivity index (χ1v) is 8.69. The quantitative estimate of drug-likeness (QED) is 0.328. The van der Waals surface area contributed by atoms with Crippen molar-refractivity contribution in [2.45, 2.75) is 4.90 Å². The Bertz CT molecular complexity index is 781. The summed E-state index contributed by atoms with van der Waals surface area (Å²) < 4.78 is 1.14. The van der Waals surface area contributed by atoms with Crippen molar-refractivity contribution < 1.29 is 4.79 Å². The SMILES string of the molecule is O=C(CSc1ccc2ccccc2c1)c1ccc(I)cc1. The molecule has 3 heteroatoms. The third-order valence-electron chi connectivity index (χ3n) is 3.26. The lowest BCUT2D eigenvalue weighted by Crippen LogP contribution is -2.01. The molecule has 3 aromatic carbocycles. The van der Waals surface area contributed by atoms with Crippen molar-refractivity contribution in [2.24, 2.45) is 0 Å². The van der Waals surface area contributed by atoms with Crippen molar-refractivity contribution in [3.8, 4) is 0 Å². The van der Waals surface area contributed by atoms with Crippen LogP contribution in [-0.4, -0.2) is 11.5 Å². The molecule has 0 bridgehead atoms. The van der Waals surface area contributed by atoms with Crippen LogP contribution in [0.15, 0.2) is 71.6 Å². The zero-order valence-corrected chi connectivity index (χ0v) is 14.2. The minimum absolute atomic E-state index is 0.171. The van der Waals surface area contributed by atoms with Crippen LogP contribution in [0.4, 0.5) is 0 Å². The molecule has 0 unspecified atom stereocenters. The molecule has 0 aromatic heterocycles. The fourth-order valence-electron chi connectivity index (χ4n) is 2.13. The van der Waals surface area contributed by atoms with Gasteiger partial charge in [0.1, 0.15) is 0 Å². The summed E-state index contributed by atoms with van der Waals surface area (Å²) in [5, 5.41) is 2.44. The second-order valence-corrected chi connectivity index (χ2v) is 7.02. The number of carbonyl (C=O) groups excluding carboxylic acids is 1. The van der Waals surface area contributed by atoms with Crippen molar-refractivity contribution >= 4 is 50.9 Å². The number of hydrogen-bond acceptors (Lipinski definition) is 2. The summed E-state index contributed by atoms with van der Waals surface area (Å²) in [4.78, 5) is 13.3. The molecule has 0 N–H and O–H groups in total. The molecule has 0 aliphatic rings. The van der Waals surface area contributed by atoms with Gasteiger partial charge in [-0.3, -0.25) is 4.79 Å². The van der Waals surface area contributed by atoms with Crippen LogP contribution < -0.4 is 0 Å². The molecule has 0 heterocycles. The summed E-state index contributed by atoms with van der Waals surface area (Å²) in [5.41, 5.74) is 0.781. The lowest BCUT2D eigenvalue weighted by Gasteiger charge is -2.04. The van der Waals surface area contributed by atoms with Gasteiger partial charge in [-0.05, 0) is 57.6 Å². The summed E-state index contributed by atoms with van der Waals surface area (Å²) >= 11 is 3.83. The second kappa shape index (κ2) is 6.62. The largest absolute Gasteiger partial charge is 0.293 e. The monoisotopic (exact) mass is 404 g/mol. The van der Waals surface area contributed by atoms with Gasteiger partial charge in [-0.1, -0.05) is 42.5 Å². The standard InChI is InChI=1S/C18H13IOS/c19-16-8-5-14(6-9-16)18(20)12-21-17-10-7-13-3-1-2-4-15(13)11-17/h1-11H,12H2. The molecule has 0 amide bonds. The van der Waals surface area contributed by atoms with E-state index in [1.165, 1.54) is 10.8 Å². The van der Waals surface area contributed by atoms with Gasteiger partial charge < -0.3 is 0 Å². The molecule has 3 rings (SSSR count). The average molecular weight is 404 g/mol. The highest BCUT2D eigenvalue weighted by Gasteiger charge is 2.06. The second-order valence-electron chi connectivity index (χ2n) is 4.73. The van der Waals surface area contributed by atoms with E-state index in [4.69, 9.17) is 0 Å². The van der Waals surface area contributed by atoms with Crippen molar-refractivity contribution in [1.29, 1.82) is 0 Å². The van der Waals surface area contributed by atoms with E-state index >= 15 is 0 Å². The molecule has 0 aliphatic carbocycles. The van der Waals surface area contributed by atoms with Gasteiger partial charge in [0.25, 0.3) is 0 Å². The number of halogens is 1.